The first-order valence-corrected chi connectivity index (χ1v) is 10.0. The molecule has 0 amide bonds. The molecule has 5 rings (SSSR count). The van der Waals surface area contributed by atoms with Crippen LogP contribution in [0.3, 0.4) is 0 Å². The van der Waals surface area contributed by atoms with Crippen LogP contribution in [0.2, 0.25) is 0 Å². The molecule has 27 heavy (non-hydrogen) atoms. The van der Waals surface area contributed by atoms with E-state index in [9.17, 15) is 10.2 Å². The maximum Gasteiger partial charge on any atom is 0.154 e. The lowest BCUT2D eigenvalue weighted by Crippen LogP contribution is -2.28. The number of phenols is 1. The summed E-state index contributed by atoms with van der Waals surface area (Å²) in [6.45, 7) is 0. The van der Waals surface area contributed by atoms with Crippen LogP contribution in [0.15, 0.2) is 42.6 Å². The normalized spacial score (nSPS) is 20.3. The minimum absolute atomic E-state index is 0.164. The zero-order chi connectivity index (χ0) is 18.4. The van der Waals surface area contributed by atoms with Crippen molar-refractivity contribution < 1.29 is 10.2 Å². The predicted molar refractivity (Wildman–Crippen MR) is 107 cm³/mol. The largest absolute Gasteiger partial charge is 0.506 e. The van der Waals surface area contributed by atoms with Crippen LogP contribution in [-0.4, -0.2) is 37.0 Å². The lowest BCUT2D eigenvalue weighted by Gasteiger charge is -2.26. The fourth-order valence-electron chi connectivity index (χ4n) is 3.72. The summed E-state index contributed by atoms with van der Waals surface area (Å²) in [5.41, 5.74) is 1.70. The molecule has 1 aliphatic carbocycles. The fourth-order valence-corrected chi connectivity index (χ4v) is 4.79. The van der Waals surface area contributed by atoms with Gasteiger partial charge >= 0.3 is 0 Å². The SMILES string of the molecule is Oc1cccc2cc(-c3cnc4ccc(N[C@H]5CC[C@H](O)CC5)nn34)sc12. The standard InChI is InChI=1S/C20H20N4O2S/c25-14-6-4-13(5-7-14)22-18-8-9-19-21-11-15(24(19)23-18)17-10-12-2-1-3-16(26)20(12)27-17/h1-3,8-11,13-14,25-26H,4-7H2,(H,22,23)/t13-,14-. The van der Waals surface area contributed by atoms with Crippen LogP contribution in [0.5, 0.6) is 5.75 Å². The Balaban J connectivity index is 1.50. The van der Waals surface area contributed by atoms with Gasteiger partial charge in [-0.3, -0.25) is 0 Å². The van der Waals surface area contributed by atoms with Crippen LogP contribution in [0.1, 0.15) is 25.7 Å². The van der Waals surface area contributed by atoms with Crippen molar-refractivity contribution in [3.05, 3.63) is 42.6 Å². The highest BCUT2D eigenvalue weighted by molar-refractivity contribution is 7.22. The zero-order valence-corrected chi connectivity index (χ0v) is 15.5. The number of hydrogen-bond acceptors (Lipinski definition) is 6. The quantitative estimate of drug-likeness (QED) is 0.500. The number of rotatable bonds is 3. The molecule has 1 saturated carbocycles. The number of nitrogens with one attached hydrogen (secondary N) is 1. The van der Waals surface area contributed by atoms with Crippen LogP contribution in [0, 0.1) is 0 Å². The molecule has 0 unspecified atom stereocenters. The monoisotopic (exact) mass is 380 g/mol. The lowest BCUT2D eigenvalue weighted by molar-refractivity contribution is 0.126. The van der Waals surface area contributed by atoms with Gasteiger partial charge in [0.2, 0.25) is 0 Å². The van der Waals surface area contributed by atoms with E-state index in [2.05, 4.69) is 16.4 Å². The number of thiophene rings is 1. The zero-order valence-electron chi connectivity index (χ0n) is 14.7. The molecule has 0 atom stereocenters. The third-order valence-electron chi connectivity index (χ3n) is 5.19. The van der Waals surface area contributed by atoms with E-state index in [1.165, 1.54) is 11.3 Å². The predicted octanol–water partition coefficient (Wildman–Crippen LogP) is 4.03. The molecular formula is C20H20N4O2S. The van der Waals surface area contributed by atoms with Crippen LogP contribution >= 0.6 is 11.3 Å². The maximum atomic E-state index is 10.1. The van der Waals surface area contributed by atoms with E-state index in [0.29, 0.717) is 11.8 Å². The van der Waals surface area contributed by atoms with Gasteiger partial charge < -0.3 is 15.5 Å². The summed E-state index contributed by atoms with van der Waals surface area (Å²) in [6.07, 6.45) is 5.23. The number of fused-ring (bicyclic) bond motifs is 2. The van der Waals surface area contributed by atoms with E-state index in [0.717, 1.165) is 57.8 Å². The molecule has 4 aromatic rings. The number of aliphatic hydroxyl groups is 1. The van der Waals surface area contributed by atoms with Crippen molar-refractivity contribution in [1.82, 2.24) is 14.6 Å². The van der Waals surface area contributed by atoms with Gasteiger partial charge in [0.15, 0.2) is 5.65 Å². The van der Waals surface area contributed by atoms with E-state index >= 15 is 0 Å². The molecule has 0 aliphatic heterocycles. The molecule has 1 fully saturated rings. The molecule has 0 bridgehead atoms. The molecule has 1 aliphatic rings. The van der Waals surface area contributed by atoms with Gasteiger partial charge in [0.05, 0.1) is 21.9 Å². The van der Waals surface area contributed by atoms with Crippen molar-refractivity contribution in [2.45, 2.75) is 37.8 Å². The molecule has 3 N–H and O–H groups in total. The Morgan fingerprint density at radius 2 is 1.96 bits per heavy atom. The fraction of sp³-hybridized carbons (Fsp3) is 0.300. The third-order valence-corrected chi connectivity index (χ3v) is 6.38. The molecule has 0 radical (unpaired) electrons. The Labute approximate surface area is 160 Å². The van der Waals surface area contributed by atoms with E-state index < -0.39 is 0 Å². The number of benzene rings is 1. The number of nitrogens with zero attached hydrogens (tertiary/aromatic N) is 3. The first kappa shape index (κ1) is 16.5. The molecule has 3 aromatic heterocycles. The van der Waals surface area contributed by atoms with Crippen molar-refractivity contribution in [1.29, 1.82) is 0 Å². The molecule has 3 heterocycles. The Kier molecular flexibility index (Phi) is 3.98. The van der Waals surface area contributed by atoms with E-state index in [-0.39, 0.29) is 6.10 Å². The van der Waals surface area contributed by atoms with Crippen LogP contribution in [-0.2, 0) is 0 Å². The maximum absolute atomic E-state index is 10.1. The number of aromatic hydroxyl groups is 1. The summed E-state index contributed by atoms with van der Waals surface area (Å²) in [6, 6.07) is 11.9. The second-order valence-electron chi connectivity index (χ2n) is 7.09. The molecule has 1 aromatic carbocycles. The molecule has 0 saturated heterocycles. The highest BCUT2D eigenvalue weighted by Crippen LogP contribution is 2.38. The first-order chi connectivity index (χ1) is 13.2. The van der Waals surface area contributed by atoms with Crippen molar-refractivity contribution in [2.24, 2.45) is 0 Å². The van der Waals surface area contributed by atoms with Crippen molar-refractivity contribution in [3.63, 3.8) is 0 Å². The van der Waals surface area contributed by atoms with Gasteiger partial charge in [-0.2, -0.15) is 0 Å². The summed E-state index contributed by atoms with van der Waals surface area (Å²) in [7, 11) is 0. The molecule has 6 nitrogen and oxygen atoms in total. The van der Waals surface area contributed by atoms with Crippen LogP contribution in [0.25, 0.3) is 26.3 Å². The molecule has 138 valence electrons. The highest BCUT2D eigenvalue weighted by Gasteiger charge is 2.20. The lowest BCUT2D eigenvalue weighted by atomic mass is 9.93. The third kappa shape index (κ3) is 3.02. The highest BCUT2D eigenvalue weighted by atomic mass is 32.1. The van der Waals surface area contributed by atoms with Gasteiger partial charge in [0.25, 0.3) is 0 Å². The average molecular weight is 380 g/mol. The van der Waals surface area contributed by atoms with E-state index in [1.807, 2.05) is 35.0 Å². The van der Waals surface area contributed by atoms with Gasteiger partial charge in [0.1, 0.15) is 17.3 Å². The van der Waals surface area contributed by atoms with Crippen LogP contribution < -0.4 is 5.32 Å². The second kappa shape index (κ2) is 6.51. The number of hydrogen-bond donors (Lipinski definition) is 3. The number of anilines is 1. The van der Waals surface area contributed by atoms with Crippen molar-refractivity contribution >= 4 is 32.9 Å². The van der Waals surface area contributed by atoms with E-state index in [4.69, 9.17) is 5.10 Å². The molecule has 0 spiro atoms. The number of aliphatic hydroxyl groups excluding tert-OH is 1. The van der Waals surface area contributed by atoms with Crippen LogP contribution in [0.4, 0.5) is 5.82 Å². The Morgan fingerprint density at radius 3 is 2.78 bits per heavy atom. The topological polar surface area (TPSA) is 82.7 Å². The second-order valence-corrected chi connectivity index (χ2v) is 8.14. The smallest absolute Gasteiger partial charge is 0.154 e. The number of aromatic nitrogens is 3. The van der Waals surface area contributed by atoms with Gasteiger partial charge in [-0.1, -0.05) is 12.1 Å². The first-order valence-electron chi connectivity index (χ1n) is 9.19. The minimum Gasteiger partial charge on any atom is -0.506 e. The summed E-state index contributed by atoms with van der Waals surface area (Å²) in [5, 5.41) is 29.0. The summed E-state index contributed by atoms with van der Waals surface area (Å²) in [5.74, 6) is 1.11. The summed E-state index contributed by atoms with van der Waals surface area (Å²) >= 11 is 1.54. The Hall–Kier alpha value is -2.64. The molecule has 7 heteroatoms. The van der Waals surface area contributed by atoms with Gasteiger partial charge in [-0.15, -0.1) is 16.4 Å². The summed E-state index contributed by atoms with van der Waals surface area (Å²) < 4.78 is 2.72. The Bertz CT molecular complexity index is 1110. The Morgan fingerprint density at radius 1 is 1.11 bits per heavy atom. The van der Waals surface area contributed by atoms with E-state index in [1.54, 1.807) is 6.07 Å². The molecular weight excluding hydrogens is 360 g/mol. The summed E-state index contributed by atoms with van der Waals surface area (Å²) in [4.78, 5) is 5.49. The number of phenolic OH excluding ortho intramolecular Hbond substituents is 1. The van der Waals surface area contributed by atoms with Crippen molar-refractivity contribution in [2.75, 3.05) is 5.32 Å². The number of imidazole rings is 1. The van der Waals surface area contributed by atoms with Crippen molar-refractivity contribution in [3.8, 4) is 16.3 Å². The minimum atomic E-state index is -0.164. The average Bonchev–Trinajstić information content (AvgIpc) is 3.28. The van der Waals surface area contributed by atoms with Gasteiger partial charge in [0, 0.05) is 6.04 Å². The van der Waals surface area contributed by atoms with Gasteiger partial charge in [-0.25, -0.2) is 9.50 Å². The van der Waals surface area contributed by atoms with Gasteiger partial charge in [-0.05, 0) is 55.3 Å².